The molecule has 0 heterocycles. The standard InChI is InChI=1S/C24H23NO4/c26-23(27)22(16-19-10-4-1-5-11-19)29-24(28)25(17-20-12-6-2-7-13-20)18-21-14-8-3-9-15-21/h1-15,22H,16-18H2,(H,26,27). The topological polar surface area (TPSA) is 66.8 Å². The van der Waals surface area contributed by atoms with Crippen molar-refractivity contribution in [2.75, 3.05) is 0 Å². The first kappa shape index (κ1) is 20.1. The van der Waals surface area contributed by atoms with E-state index in [0.717, 1.165) is 16.7 Å². The Kier molecular flexibility index (Phi) is 7.00. The maximum Gasteiger partial charge on any atom is 0.411 e. The Balaban J connectivity index is 1.75. The molecule has 0 spiro atoms. The summed E-state index contributed by atoms with van der Waals surface area (Å²) in [5, 5.41) is 9.55. The second kappa shape index (κ2) is 10.1. The zero-order valence-corrected chi connectivity index (χ0v) is 16.0. The molecular formula is C24H23NO4. The predicted octanol–water partition coefficient (Wildman–Crippen LogP) is 4.52. The highest BCUT2D eigenvalue weighted by Crippen LogP contribution is 2.14. The van der Waals surface area contributed by atoms with E-state index in [1.165, 1.54) is 4.90 Å². The fourth-order valence-corrected chi connectivity index (χ4v) is 3.00. The number of carbonyl (C=O) groups excluding carboxylic acids is 1. The van der Waals surface area contributed by atoms with E-state index in [1.54, 1.807) is 0 Å². The molecule has 0 saturated carbocycles. The summed E-state index contributed by atoms with van der Waals surface area (Å²) in [7, 11) is 0. The summed E-state index contributed by atoms with van der Waals surface area (Å²) in [6.45, 7) is 0.651. The Labute approximate surface area is 170 Å². The Morgan fingerprint density at radius 3 is 1.55 bits per heavy atom. The van der Waals surface area contributed by atoms with Gasteiger partial charge in [-0.3, -0.25) is 4.90 Å². The molecule has 1 atom stereocenters. The van der Waals surface area contributed by atoms with Crippen LogP contribution in [-0.2, 0) is 29.0 Å². The van der Waals surface area contributed by atoms with Crippen LogP contribution in [0.1, 0.15) is 16.7 Å². The number of amides is 1. The van der Waals surface area contributed by atoms with Crippen LogP contribution in [0.25, 0.3) is 0 Å². The lowest BCUT2D eigenvalue weighted by molar-refractivity contribution is -0.147. The van der Waals surface area contributed by atoms with Crippen molar-refractivity contribution < 1.29 is 19.4 Å². The maximum atomic E-state index is 12.9. The average molecular weight is 389 g/mol. The Morgan fingerprint density at radius 2 is 1.14 bits per heavy atom. The van der Waals surface area contributed by atoms with Crippen LogP contribution in [0.3, 0.4) is 0 Å². The van der Waals surface area contributed by atoms with Gasteiger partial charge in [0, 0.05) is 19.5 Å². The highest BCUT2D eigenvalue weighted by atomic mass is 16.6. The highest BCUT2D eigenvalue weighted by molar-refractivity contribution is 5.77. The van der Waals surface area contributed by atoms with Crippen LogP contribution >= 0.6 is 0 Å². The quantitative estimate of drug-likeness (QED) is 0.615. The number of carboxylic acid groups (broad SMARTS) is 1. The molecule has 1 amide bonds. The average Bonchev–Trinajstić information content (AvgIpc) is 2.75. The molecule has 0 radical (unpaired) electrons. The summed E-state index contributed by atoms with van der Waals surface area (Å²) in [4.78, 5) is 26.1. The van der Waals surface area contributed by atoms with Crippen molar-refractivity contribution in [3.63, 3.8) is 0 Å². The van der Waals surface area contributed by atoms with Crippen LogP contribution in [0.4, 0.5) is 4.79 Å². The monoisotopic (exact) mass is 389 g/mol. The third-order valence-corrected chi connectivity index (χ3v) is 4.47. The molecule has 1 unspecified atom stereocenters. The molecule has 148 valence electrons. The van der Waals surface area contributed by atoms with Gasteiger partial charge in [0.15, 0.2) is 0 Å². The zero-order chi connectivity index (χ0) is 20.5. The van der Waals surface area contributed by atoms with Gasteiger partial charge >= 0.3 is 12.1 Å². The molecule has 0 saturated heterocycles. The summed E-state index contributed by atoms with van der Waals surface area (Å²) in [6, 6.07) is 28.2. The first-order valence-electron chi connectivity index (χ1n) is 9.42. The van der Waals surface area contributed by atoms with E-state index < -0.39 is 18.2 Å². The summed E-state index contributed by atoms with van der Waals surface area (Å²) in [5.41, 5.74) is 2.68. The van der Waals surface area contributed by atoms with Crippen LogP contribution in [0.5, 0.6) is 0 Å². The molecule has 0 fully saturated rings. The number of carbonyl (C=O) groups is 2. The van der Waals surface area contributed by atoms with Crippen molar-refractivity contribution in [1.82, 2.24) is 4.90 Å². The number of rotatable bonds is 8. The van der Waals surface area contributed by atoms with E-state index in [-0.39, 0.29) is 6.42 Å². The first-order valence-corrected chi connectivity index (χ1v) is 9.42. The third kappa shape index (κ3) is 6.21. The Bertz CT molecular complexity index is 872. The smallest absolute Gasteiger partial charge is 0.411 e. The number of carboxylic acids is 1. The molecule has 3 aromatic carbocycles. The minimum absolute atomic E-state index is 0.117. The fraction of sp³-hybridized carbons (Fsp3) is 0.167. The highest BCUT2D eigenvalue weighted by Gasteiger charge is 2.26. The molecule has 29 heavy (non-hydrogen) atoms. The minimum Gasteiger partial charge on any atom is -0.478 e. The van der Waals surface area contributed by atoms with Gasteiger partial charge in [0.2, 0.25) is 6.10 Å². The molecular weight excluding hydrogens is 366 g/mol. The summed E-state index contributed by atoms with van der Waals surface area (Å²) in [5.74, 6) is -1.17. The summed E-state index contributed by atoms with van der Waals surface area (Å²) < 4.78 is 5.41. The predicted molar refractivity (Wildman–Crippen MR) is 110 cm³/mol. The molecule has 3 aromatic rings. The van der Waals surface area contributed by atoms with Gasteiger partial charge in [-0.25, -0.2) is 9.59 Å². The molecule has 5 heteroatoms. The number of hydrogen-bond donors (Lipinski definition) is 1. The third-order valence-electron chi connectivity index (χ3n) is 4.47. The van der Waals surface area contributed by atoms with Gasteiger partial charge in [-0.2, -0.15) is 0 Å². The zero-order valence-electron chi connectivity index (χ0n) is 16.0. The second-order valence-electron chi connectivity index (χ2n) is 6.73. The largest absolute Gasteiger partial charge is 0.478 e. The number of aliphatic carboxylic acids is 1. The first-order chi connectivity index (χ1) is 14.1. The lowest BCUT2D eigenvalue weighted by Gasteiger charge is -2.24. The van der Waals surface area contributed by atoms with Crippen LogP contribution in [-0.4, -0.2) is 28.2 Å². The van der Waals surface area contributed by atoms with Gasteiger partial charge < -0.3 is 9.84 Å². The van der Waals surface area contributed by atoms with Crippen LogP contribution in [0, 0.1) is 0 Å². The van der Waals surface area contributed by atoms with E-state index >= 15 is 0 Å². The van der Waals surface area contributed by atoms with Crippen LogP contribution in [0.2, 0.25) is 0 Å². The van der Waals surface area contributed by atoms with E-state index in [2.05, 4.69) is 0 Å². The van der Waals surface area contributed by atoms with Gasteiger partial charge in [0.1, 0.15) is 0 Å². The summed E-state index contributed by atoms with van der Waals surface area (Å²) >= 11 is 0. The number of hydrogen-bond acceptors (Lipinski definition) is 3. The maximum absolute atomic E-state index is 12.9. The second-order valence-corrected chi connectivity index (χ2v) is 6.73. The van der Waals surface area contributed by atoms with E-state index in [9.17, 15) is 14.7 Å². The van der Waals surface area contributed by atoms with Crippen molar-refractivity contribution in [3.05, 3.63) is 108 Å². The minimum atomic E-state index is -1.25. The van der Waals surface area contributed by atoms with E-state index in [4.69, 9.17) is 4.74 Å². The van der Waals surface area contributed by atoms with Crippen LogP contribution in [0.15, 0.2) is 91.0 Å². The van der Waals surface area contributed by atoms with E-state index in [0.29, 0.717) is 13.1 Å². The molecule has 0 aliphatic heterocycles. The van der Waals surface area contributed by atoms with Gasteiger partial charge in [-0.05, 0) is 16.7 Å². The lowest BCUT2D eigenvalue weighted by Crippen LogP contribution is -2.37. The molecule has 0 aromatic heterocycles. The molecule has 0 aliphatic carbocycles. The molecule has 0 bridgehead atoms. The Hall–Kier alpha value is -3.60. The molecule has 1 N–H and O–H groups in total. The molecule has 5 nitrogen and oxygen atoms in total. The van der Waals surface area contributed by atoms with Crippen molar-refractivity contribution in [2.45, 2.75) is 25.6 Å². The molecule has 0 aliphatic rings. The van der Waals surface area contributed by atoms with Gasteiger partial charge in [0.05, 0.1) is 0 Å². The van der Waals surface area contributed by atoms with Gasteiger partial charge in [-0.15, -0.1) is 0 Å². The van der Waals surface area contributed by atoms with Crippen molar-refractivity contribution in [3.8, 4) is 0 Å². The van der Waals surface area contributed by atoms with Crippen molar-refractivity contribution >= 4 is 12.1 Å². The van der Waals surface area contributed by atoms with Crippen molar-refractivity contribution in [1.29, 1.82) is 0 Å². The van der Waals surface area contributed by atoms with Crippen molar-refractivity contribution in [2.24, 2.45) is 0 Å². The normalized spacial score (nSPS) is 11.4. The van der Waals surface area contributed by atoms with Gasteiger partial charge in [0.25, 0.3) is 0 Å². The lowest BCUT2D eigenvalue weighted by atomic mass is 10.1. The number of ether oxygens (including phenoxy) is 1. The van der Waals surface area contributed by atoms with E-state index in [1.807, 2.05) is 91.0 Å². The SMILES string of the molecule is O=C(O)C(Cc1ccccc1)OC(=O)N(Cc1ccccc1)Cc1ccccc1. The number of benzene rings is 3. The number of nitrogens with zero attached hydrogens (tertiary/aromatic N) is 1. The van der Waals surface area contributed by atoms with Crippen LogP contribution < -0.4 is 0 Å². The molecule has 3 rings (SSSR count). The fourth-order valence-electron chi connectivity index (χ4n) is 3.00. The summed E-state index contributed by atoms with van der Waals surface area (Å²) in [6.07, 6.45) is -1.79. The van der Waals surface area contributed by atoms with Gasteiger partial charge in [-0.1, -0.05) is 91.0 Å². The Morgan fingerprint density at radius 1 is 0.724 bits per heavy atom.